The summed E-state index contributed by atoms with van der Waals surface area (Å²) in [6.07, 6.45) is 1.26. The minimum absolute atomic E-state index is 0.0146. The number of aliphatic hydroxyl groups excluding tert-OH is 1. The monoisotopic (exact) mass is 192 g/mol. The van der Waals surface area contributed by atoms with Crippen LogP contribution in [0.4, 0.5) is 0 Å². The first-order chi connectivity index (χ1) is 6.63. The van der Waals surface area contributed by atoms with Gasteiger partial charge in [0.05, 0.1) is 6.10 Å². The molecule has 0 saturated heterocycles. The van der Waals surface area contributed by atoms with Crippen molar-refractivity contribution in [1.82, 2.24) is 0 Å². The molecule has 0 spiro atoms. The van der Waals surface area contributed by atoms with Crippen molar-refractivity contribution in [3.8, 4) is 5.75 Å². The molecule has 2 nitrogen and oxygen atoms in total. The summed E-state index contributed by atoms with van der Waals surface area (Å²) in [5.41, 5.74) is 0.860. The van der Waals surface area contributed by atoms with E-state index in [0.717, 1.165) is 11.3 Å². The molecule has 1 aromatic rings. The first kappa shape index (κ1) is 10.8. The fraction of sp³-hybridized carbons (Fsp3) is 0.333. The molecule has 0 radical (unpaired) electrons. The van der Waals surface area contributed by atoms with E-state index in [1.807, 2.05) is 31.2 Å². The molecule has 0 saturated carbocycles. The second-order valence-electron chi connectivity index (χ2n) is 3.31. The van der Waals surface area contributed by atoms with Gasteiger partial charge in [-0.05, 0) is 31.5 Å². The summed E-state index contributed by atoms with van der Waals surface area (Å²) in [6, 6.07) is 7.44. The van der Waals surface area contributed by atoms with E-state index in [9.17, 15) is 5.11 Å². The summed E-state index contributed by atoms with van der Waals surface area (Å²) in [5.74, 6) is 0.760. The molecule has 1 rings (SSSR count). The highest BCUT2D eigenvalue weighted by atomic mass is 16.5. The lowest BCUT2D eigenvalue weighted by Crippen LogP contribution is -2.07. The summed E-state index contributed by atoms with van der Waals surface area (Å²) >= 11 is 0. The highest BCUT2D eigenvalue weighted by molar-refractivity contribution is 5.29. The van der Waals surface area contributed by atoms with Crippen LogP contribution in [0.3, 0.4) is 0 Å². The van der Waals surface area contributed by atoms with E-state index in [2.05, 4.69) is 6.58 Å². The van der Waals surface area contributed by atoms with Crippen molar-refractivity contribution < 1.29 is 9.84 Å². The maximum atomic E-state index is 9.36. The molecule has 0 fully saturated rings. The minimum Gasteiger partial charge on any atom is -0.487 e. The van der Waals surface area contributed by atoms with Crippen LogP contribution in [-0.4, -0.2) is 11.2 Å². The van der Waals surface area contributed by atoms with Gasteiger partial charge in [0.1, 0.15) is 11.9 Å². The number of aliphatic hydroxyl groups is 1. The Morgan fingerprint density at radius 2 is 2.14 bits per heavy atom. The summed E-state index contributed by atoms with van der Waals surface area (Å²) in [6.45, 7) is 7.29. The number of benzene rings is 1. The lowest BCUT2D eigenvalue weighted by atomic mass is 10.1. The Kier molecular flexibility index (Phi) is 3.72. The van der Waals surface area contributed by atoms with Crippen molar-refractivity contribution in [2.45, 2.75) is 26.1 Å². The molecular weight excluding hydrogens is 176 g/mol. The Balaban J connectivity index is 2.78. The summed E-state index contributed by atoms with van der Waals surface area (Å²) < 4.78 is 5.53. The van der Waals surface area contributed by atoms with E-state index >= 15 is 0 Å². The van der Waals surface area contributed by atoms with Gasteiger partial charge in [0.2, 0.25) is 0 Å². The Bertz CT molecular complexity index is 305. The van der Waals surface area contributed by atoms with Gasteiger partial charge in [-0.15, -0.1) is 0 Å². The Hall–Kier alpha value is -1.28. The fourth-order valence-corrected chi connectivity index (χ4v) is 1.11. The molecule has 0 bridgehead atoms. The van der Waals surface area contributed by atoms with Gasteiger partial charge in [0, 0.05) is 0 Å². The number of rotatable bonds is 4. The van der Waals surface area contributed by atoms with Crippen LogP contribution >= 0.6 is 0 Å². The zero-order chi connectivity index (χ0) is 10.6. The van der Waals surface area contributed by atoms with Crippen molar-refractivity contribution >= 4 is 0 Å². The molecule has 2 heteroatoms. The van der Waals surface area contributed by atoms with Gasteiger partial charge in [-0.3, -0.25) is 0 Å². The average Bonchev–Trinajstić information content (AvgIpc) is 2.18. The molecule has 76 valence electrons. The van der Waals surface area contributed by atoms with Crippen LogP contribution in [0.5, 0.6) is 5.75 Å². The van der Waals surface area contributed by atoms with Gasteiger partial charge < -0.3 is 9.84 Å². The standard InChI is InChI=1S/C12H16O2/c1-4-9(2)14-12-7-5-6-11(8-12)10(3)13/h4-10,13H,1H2,2-3H3/t9?,10-/m1/s1. The van der Waals surface area contributed by atoms with Crippen LogP contribution in [-0.2, 0) is 0 Å². The number of ether oxygens (including phenoxy) is 1. The third kappa shape index (κ3) is 2.89. The van der Waals surface area contributed by atoms with Gasteiger partial charge >= 0.3 is 0 Å². The molecule has 1 N–H and O–H groups in total. The third-order valence-corrected chi connectivity index (χ3v) is 1.99. The maximum Gasteiger partial charge on any atom is 0.120 e. The van der Waals surface area contributed by atoms with Gasteiger partial charge in [-0.25, -0.2) is 0 Å². The van der Waals surface area contributed by atoms with Gasteiger partial charge in [-0.2, -0.15) is 0 Å². The average molecular weight is 192 g/mol. The van der Waals surface area contributed by atoms with Crippen LogP contribution in [0, 0.1) is 0 Å². The van der Waals surface area contributed by atoms with E-state index in [1.165, 1.54) is 0 Å². The van der Waals surface area contributed by atoms with Crippen LogP contribution in [0.25, 0.3) is 0 Å². The van der Waals surface area contributed by atoms with Crippen molar-refractivity contribution in [3.05, 3.63) is 42.5 Å². The highest BCUT2D eigenvalue weighted by Gasteiger charge is 2.03. The van der Waals surface area contributed by atoms with E-state index < -0.39 is 6.10 Å². The normalized spacial score (nSPS) is 14.5. The van der Waals surface area contributed by atoms with Crippen molar-refractivity contribution in [3.63, 3.8) is 0 Å². The first-order valence-electron chi connectivity index (χ1n) is 4.70. The fourth-order valence-electron chi connectivity index (χ4n) is 1.11. The van der Waals surface area contributed by atoms with Crippen LogP contribution in [0.1, 0.15) is 25.5 Å². The summed E-state index contributed by atoms with van der Waals surface area (Å²) in [4.78, 5) is 0. The van der Waals surface area contributed by atoms with Crippen molar-refractivity contribution in [2.24, 2.45) is 0 Å². The van der Waals surface area contributed by atoms with Crippen LogP contribution in [0.15, 0.2) is 36.9 Å². The topological polar surface area (TPSA) is 29.5 Å². The predicted molar refractivity (Wildman–Crippen MR) is 57.4 cm³/mol. The van der Waals surface area contributed by atoms with Crippen molar-refractivity contribution in [2.75, 3.05) is 0 Å². The molecule has 1 unspecified atom stereocenters. The number of hydrogen-bond acceptors (Lipinski definition) is 2. The van der Waals surface area contributed by atoms with E-state index in [1.54, 1.807) is 13.0 Å². The summed E-state index contributed by atoms with van der Waals surface area (Å²) in [7, 11) is 0. The van der Waals surface area contributed by atoms with Gasteiger partial charge in [0.15, 0.2) is 0 Å². The van der Waals surface area contributed by atoms with E-state index in [-0.39, 0.29) is 6.10 Å². The Labute approximate surface area is 84.8 Å². The van der Waals surface area contributed by atoms with E-state index in [4.69, 9.17) is 4.74 Å². The zero-order valence-electron chi connectivity index (χ0n) is 8.60. The lowest BCUT2D eigenvalue weighted by molar-refractivity contribution is 0.198. The minimum atomic E-state index is -0.461. The largest absolute Gasteiger partial charge is 0.487 e. The molecule has 0 aliphatic rings. The van der Waals surface area contributed by atoms with E-state index in [0.29, 0.717) is 0 Å². The Morgan fingerprint density at radius 1 is 1.43 bits per heavy atom. The molecule has 14 heavy (non-hydrogen) atoms. The smallest absolute Gasteiger partial charge is 0.120 e. The first-order valence-corrected chi connectivity index (χ1v) is 4.70. The van der Waals surface area contributed by atoms with Crippen molar-refractivity contribution in [1.29, 1.82) is 0 Å². The van der Waals surface area contributed by atoms with Crippen LogP contribution < -0.4 is 4.74 Å². The van der Waals surface area contributed by atoms with Gasteiger partial charge in [0.25, 0.3) is 0 Å². The SMILES string of the molecule is C=CC(C)Oc1cccc([C@@H](C)O)c1. The predicted octanol–water partition coefficient (Wildman–Crippen LogP) is 2.69. The summed E-state index contributed by atoms with van der Waals surface area (Å²) in [5, 5.41) is 9.36. The second kappa shape index (κ2) is 4.82. The molecule has 0 amide bonds. The Morgan fingerprint density at radius 3 is 2.71 bits per heavy atom. The highest BCUT2D eigenvalue weighted by Crippen LogP contribution is 2.19. The third-order valence-electron chi connectivity index (χ3n) is 1.99. The molecule has 2 atom stereocenters. The number of hydrogen-bond donors (Lipinski definition) is 1. The lowest BCUT2D eigenvalue weighted by Gasteiger charge is -2.12. The molecular formula is C12H16O2. The molecule has 0 heterocycles. The maximum absolute atomic E-state index is 9.36. The molecule has 0 aliphatic carbocycles. The van der Waals surface area contributed by atoms with Gasteiger partial charge in [-0.1, -0.05) is 24.8 Å². The van der Waals surface area contributed by atoms with Crippen LogP contribution in [0.2, 0.25) is 0 Å². The quantitative estimate of drug-likeness (QED) is 0.743. The molecule has 0 aliphatic heterocycles. The molecule has 0 aromatic heterocycles. The second-order valence-corrected chi connectivity index (χ2v) is 3.31. The zero-order valence-corrected chi connectivity index (χ0v) is 8.60. The molecule has 1 aromatic carbocycles.